The van der Waals surface area contributed by atoms with Crippen LogP contribution in [0.15, 0.2) is 85.5 Å². The van der Waals surface area contributed by atoms with E-state index in [0.29, 0.717) is 0 Å². The second kappa shape index (κ2) is 13.3. The van der Waals surface area contributed by atoms with Gasteiger partial charge in [0.15, 0.2) is 0 Å². The molecule has 8 N–H and O–H groups in total. The van der Waals surface area contributed by atoms with Gasteiger partial charge < -0.3 is 0 Å². The number of aromatic nitrogens is 2. The normalized spacial score (nSPS) is 32.0. The number of aliphatic hydroxyl groups is 6. The van der Waals surface area contributed by atoms with Crippen LogP contribution in [0.2, 0.25) is 0 Å². The van der Waals surface area contributed by atoms with Crippen LogP contribution in [0.3, 0.4) is 0 Å². The number of phenols is 2. The zero-order valence-electron chi connectivity index (χ0n) is 24.0. The van der Waals surface area contributed by atoms with Crippen LogP contribution >= 0.6 is 0 Å². The molecule has 240 valence electrons. The van der Waals surface area contributed by atoms with Crippen LogP contribution in [-0.4, -0.2) is 125 Å². The molecule has 0 unspecified atom stereocenters. The number of ether oxygens (including phenoxy) is 2. The number of rotatable bonds is 8. The first kappa shape index (κ1) is 31.8. The molecule has 0 spiro atoms. The van der Waals surface area contributed by atoms with Crippen LogP contribution in [0.4, 0.5) is 0 Å². The fourth-order valence-electron chi connectivity index (χ4n) is 6.11. The van der Waals surface area contributed by atoms with Gasteiger partial charge in [-0.2, -0.15) is 0 Å². The minimum absolute atomic E-state index is 0.0978. The van der Waals surface area contributed by atoms with E-state index < -0.39 is 86.9 Å². The number of benzene rings is 2. The summed E-state index contributed by atoms with van der Waals surface area (Å²) < 4.78 is 15.2. The minimum atomic E-state index is -1.27. The predicted molar refractivity (Wildman–Crippen MR) is 162 cm³/mol. The maximum absolute atomic E-state index is 11.5. The van der Waals surface area contributed by atoms with Crippen molar-refractivity contribution in [1.82, 2.24) is 9.13 Å². The summed E-state index contributed by atoms with van der Waals surface area (Å²) >= 11 is -0.834. The molecule has 0 bridgehead atoms. The summed E-state index contributed by atoms with van der Waals surface area (Å²) in [6, 6.07) is 15.1. The van der Waals surface area contributed by atoms with Crippen LogP contribution in [0.25, 0.3) is 22.3 Å². The van der Waals surface area contributed by atoms with E-state index in [0.717, 1.165) is 22.3 Å². The van der Waals surface area contributed by atoms with Crippen LogP contribution < -0.4 is 0 Å². The first-order valence-corrected chi connectivity index (χ1v) is 16.5. The topological polar surface area (TPSA) is 190 Å². The van der Waals surface area contributed by atoms with Gasteiger partial charge in [-0.3, -0.25) is 0 Å². The summed E-state index contributed by atoms with van der Waals surface area (Å²) in [6.45, 7) is -1.04. The summed E-state index contributed by atoms with van der Waals surface area (Å²) in [5, 5.41) is 83.3. The van der Waals surface area contributed by atoms with E-state index in [9.17, 15) is 40.9 Å². The van der Waals surface area contributed by atoms with E-state index in [-0.39, 0.29) is 11.5 Å². The van der Waals surface area contributed by atoms with Crippen molar-refractivity contribution in [2.24, 2.45) is 0 Å². The second-order valence-electron chi connectivity index (χ2n) is 11.3. The summed E-state index contributed by atoms with van der Waals surface area (Å²) in [6.07, 6.45) is -0.327. The summed E-state index contributed by atoms with van der Waals surface area (Å²) in [7, 11) is 0. The number of hydrogen-bond donors (Lipinski definition) is 8. The Hall–Kier alpha value is -3.20. The zero-order chi connectivity index (χ0) is 31.8. The summed E-state index contributed by atoms with van der Waals surface area (Å²) in [5.41, 5.74) is 2.95. The quantitative estimate of drug-likeness (QED) is 0.120. The zero-order valence-corrected chi connectivity index (χ0v) is 25.7. The van der Waals surface area contributed by atoms with Crippen molar-refractivity contribution in [3.8, 4) is 33.8 Å². The van der Waals surface area contributed by atoms with Crippen molar-refractivity contribution in [2.45, 2.75) is 58.7 Å². The Labute approximate surface area is 265 Å². The van der Waals surface area contributed by atoms with Gasteiger partial charge in [-0.05, 0) is 0 Å². The van der Waals surface area contributed by atoms with Crippen molar-refractivity contribution in [1.29, 1.82) is 0 Å². The van der Waals surface area contributed by atoms with Gasteiger partial charge in [-0.15, -0.1) is 0 Å². The van der Waals surface area contributed by atoms with E-state index in [1.165, 1.54) is 0 Å². The molecule has 4 heterocycles. The van der Waals surface area contributed by atoms with Gasteiger partial charge in [0, 0.05) is 0 Å². The van der Waals surface area contributed by atoms with Crippen LogP contribution in [-0.2, 0) is 9.47 Å². The number of aromatic hydroxyl groups is 2. The first-order chi connectivity index (χ1) is 21.7. The monoisotopic (exact) mass is 688 g/mol. The SMILES string of the molecule is OC[C@H]1O[C@@H]([Se][C@@H]2O[C@H](CO)[C@H](O)[C@H](n3ccc(-c4cccc(O)c4)c3)[C@H]2O)[C@H](O)[C@@H](n2ccc(-c3cccc(O)c3)c2)[C@H]1O. The van der Waals surface area contributed by atoms with E-state index in [1.807, 2.05) is 12.1 Å². The molecular formula is C32H36N2O10Se. The summed E-state index contributed by atoms with van der Waals surface area (Å²) in [4.78, 5) is 0. The van der Waals surface area contributed by atoms with Gasteiger partial charge in [0.1, 0.15) is 0 Å². The van der Waals surface area contributed by atoms with E-state index >= 15 is 0 Å². The molecule has 0 amide bonds. The van der Waals surface area contributed by atoms with Gasteiger partial charge >= 0.3 is 266 Å². The molecule has 2 aliphatic rings. The standard InChI is InChI=1S/C32H36N2O10Se/c35-15-23-27(39)25(33-9-7-19(13-33)17-3-1-5-21(37)11-17)29(41)31(43-23)45-32-30(42)26(28(40)24(16-36)44-32)34-10-8-20(14-34)18-4-2-6-22(38)12-18/h1-14,23-32,35-42H,15-16H2/t23-,24-,25+,26+,27+,28+,29-,30-,31+,32+/m1/s1. The molecule has 2 aliphatic heterocycles. The third kappa shape index (κ3) is 6.29. The fraction of sp³-hybridized carbons (Fsp3) is 0.375. The number of aliphatic hydroxyl groups excluding tert-OH is 6. The fourth-order valence-corrected chi connectivity index (χ4v) is 8.88. The average molecular weight is 688 g/mol. The molecular weight excluding hydrogens is 651 g/mol. The van der Waals surface area contributed by atoms with Crippen molar-refractivity contribution >= 4 is 15.0 Å². The van der Waals surface area contributed by atoms with Crippen molar-refractivity contribution < 1.29 is 50.3 Å². The molecule has 45 heavy (non-hydrogen) atoms. The Balaban J connectivity index is 1.25. The van der Waals surface area contributed by atoms with E-state index in [2.05, 4.69) is 0 Å². The predicted octanol–water partition coefficient (Wildman–Crippen LogP) is 0.399. The van der Waals surface area contributed by atoms with Crippen LogP contribution in [0.5, 0.6) is 11.5 Å². The first-order valence-electron chi connectivity index (χ1n) is 14.5. The molecule has 2 saturated heterocycles. The third-order valence-electron chi connectivity index (χ3n) is 8.44. The van der Waals surface area contributed by atoms with Crippen molar-refractivity contribution in [3.05, 3.63) is 85.5 Å². The van der Waals surface area contributed by atoms with Gasteiger partial charge in [0.05, 0.1) is 0 Å². The van der Waals surface area contributed by atoms with Gasteiger partial charge in [-0.25, -0.2) is 0 Å². The molecule has 0 saturated carbocycles. The van der Waals surface area contributed by atoms with Crippen LogP contribution in [0, 0.1) is 0 Å². The van der Waals surface area contributed by atoms with E-state index in [4.69, 9.17) is 9.47 Å². The molecule has 2 aromatic heterocycles. The number of phenolic OH excluding ortho intramolecular Hbond substituents is 2. The molecule has 12 nitrogen and oxygen atoms in total. The van der Waals surface area contributed by atoms with Gasteiger partial charge in [-0.1, -0.05) is 0 Å². The molecule has 0 aliphatic carbocycles. The molecule has 13 heteroatoms. The molecule has 10 atom stereocenters. The average Bonchev–Trinajstić information content (AvgIpc) is 3.71. The van der Waals surface area contributed by atoms with Gasteiger partial charge in [0.2, 0.25) is 0 Å². The molecule has 0 radical (unpaired) electrons. The molecule has 4 aromatic rings. The number of nitrogens with zero attached hydrogens (tertiary/aromatic N) is 2. The van der Waals surface area contributed by atoms with Crippen molar-refractivity contribution in [3.63, 3.8) is 0 Å². The molecule has 2 aromatic carbocycles. The maximum atomic E-state index is 11.5. The Morgan fingerprint density at radius 3 is 1.38 bits per heavy atom. The summed E-state index contributed by atoms with van der Waals surface area (Å²) in [5.74, 6) is 0.196. The molecule has 6 rings (SSSR count). The van der Waals surface area contributed by atoms with Gasteiger partial charge in [0.25, 0.3) is 0 Å². The Morgan fingerprint density at radius 1 is 0.578 bits per heavy atom. The van der Waals surface area contributed by atoms with Crippen LogP contribution in [0.1, 0.15) is 12.1 Å². The van der Waals surface area contributed by atoms with E-state index in [1.54, 1.807) is 82.5 Å². The second-order valence-corrected chi connectivity index (χ2v) is 13.8. The third-order valence-corrected chi connectivity index (χ3v) is 11.2. The Kier molecular flexibility index (Phi) is 9.36. The van der Waals surface area contributed by atoms with Crippen molar-refractivity contribution in [2.75, 3.05) is 13.2 Å². The Morgan fingerprint density at radius 2 is 1.00 bits per heavy atom. The number of hydrogen-bond acceptors (Lipinski definition) is 10. The Bertz CT molecular complexity index is 1480. The molecule has 2 fully saturated rings.